The quantitative estimate of drug-likeness (QED) is 0.353. The minimum absolute atomic E-state index is 0.170. The molecule has 0 spiro atoms. The molecule has 2 fully saturated rings. The zero-order valence-corrected chi connectivity index (χ0v) is 24.2. The number of carbonyl (C=O) groups is 4. The van der Waals surface area contributed by atoms with Gasteiger partial charge in [-0.15, -0.1) is 0 Å². The van der Waals surface area contributed by atoms with E-state index in [1.54, 1.807) is 27.7 Å². The van der Waals surface area contributed by atoms with E-state index < -0.39 is 51.3 Å². The van der Waals surface area contributed by atoms with Gasteiger partial charge in [0.25, 0.3) is 5.91 Å². The highest BCUT2D eigenvalue weighted by molar-refractivity contribution is 7.88. The fraction of sp³-hybridized carbons (Fsp3) is 0.769. The Morgan fingerprint density at radius 1 is 1.15 bits per heavy atom. The zero-order chi connectivity index (χ0) is 28.8. The van der Waals surface area contributed by atoms with Crippen molar-refractivity contribution in [3.63, 3.8) is 0 Å². The predicted octanol–water partition coefficient (Wildman–Crippen LogP) is 1.63. The van der Waals surface area contributed by atoms with Crippen molar-refractivity contribution in [3.05, 3.63) is 12.2 Å². The maximum absolute atomic E-state index is 13.6. The molecule has 39 heavy (non-hydrogen) atoms. The SMILES string of the molecule is CCCNS(=O)(=O)NC(=O)C12CC1/C=C\CCCCCC(NC(=O)OC(C)(C)C)C(=O)N1CCCC1C(=O)N2. The number of fused-ring (bicyclic) bond motifs is 2. The number of rotatable bonds is 6. The second kappa shape index (κ2) is 12.7. The molecule has 4 atom stereocenters. The van der Waals surface area contributed by atoms with Gasteiger partial charge in [-0.1, -0.05) is 31.9 Å². The first-order valence-electron chi connectivity index (χ1n) is 13.9. The summed E-state index contributed by atoms with van der Waals surface area (Å²) in [6, 6.07) is -1.69. The van der Waals surface area contributed by atoms with Crippen LogP contribution in [0, 0.1) is 5.92 Å². The highest BCUT2D eigenvalue weighted by atomic mass is 32.2. The molecule has 12 nitrogen and oxygen atoms in total. The average Bonchev–Trinajstić information content (AvgIpc) is 3.29. The molecule has 1 saturated heterocycles. The molecule has 4 N–H and O–H groups in total. The molecule has 0 radical (unpaired) electrons. The average molecular weight is 570 g/mol. The summed E-state index contributed by atoms with van der Waals surface area (Å²) in [5.41, 5.74) is -2.15. The van der Waals surface area contributed by atoms with Crippen LogP contribution in [0.15, 0.2) is 12.2 Å². The fourth-order valence-corrected chi connectivity index (χ4v) is 6.00. The van der Waals surface area contributed by atoms with E-state index in [1.807, 2.05) is 12.2 Å². The van der Waals surface area contributed by atoms with Gasteiger partial charge in [-0.2, -0.15) is 13.1 Å². The van der Waals surface area contributed by atoms with Gasteiger partial charge in [-0.3, -0.25) is 14.4 Å². The molecule has 2 heterocycles. The minimum atomic E-state index is -4.09. The first-order chi connectivity index (χ1) is 18.3. The second-order valence-corrected chi connectivity index (χ2v) is 13.1. The molecule has 0 aromatic heterocycles. The van der Waals surface area contributed by atoms with E-state index in [-0.39, 0.29) is 24.8 Å². The van der Waals surface area contributed by atoms with Gasteiger partial charge in [0.2, 0.25) is 11.8 Å². The number of amides is 4. The smallest absolute Gasteiger partial charge is 0.408 e. The normalized spacial score (nSPS) is 29.1. The molecule has 4 unspecified atom stereocenters. The first-order valence-corrected chi connectivity index (χ1v) is 15.4. The summed E-state index contributed by atoms with van der Waals surface area (Å²) in [6.45, 7) is 7.52. The number of nitrogens with one attached hydrogen (secondary N) is 4. The summed E-state index contributed by atoms with van der Waals surface area (Å²) in [6.07, 6.45) is 8.38. The zero-order valence-electron chi connectivity index (χ0n) is 23.4. The summed E-state index contributed by atoms with van der Waals surface area (Å²) in [5.74, 6) is -2.06. The molecular formula is C26H43N5O7S. The van der Waals surface area contributed by atoms with E-state index in [1.165, 1.54) is 4.90 Å². The van der Waals surface area contributed by atoms with Crippen LogP contribution in [0.5, 0.6) is 0 Å². The lowest BCUT2D eigenvalue weighted by molar-refractivity contribution is -0.141. The number of carbonyl (C=O) groups excluding carboxylic acids is 4. The highest BCUT2D eigenvalue weighted by Gasteiger charge is 2.61. The maximum Gasteiger partial charge on any atom is 0.408 e. The number of hydrogen-bond acceptors (Lipinski definition) is 7. The minimum Gasteiger partial charge on any atom is -0.444 e. The lowest BCUT2D eigenvalue weighted by Crippen LogP contribution is -2.59. The molecule has 1 saturated carbocycles. The summed E-state index contributed by atoms with van der Waals surface area (Å²) in [7, 11) is -4.09. The Hall–Kier alpha value is -2.67. The monoisotopic (exact) mass is 569 g/mol. The van der Waals surface area contributed by atoms with Crippen LogP contribution in [-0.4, -0.2) is 73.4 Å². The van der Waals surface area contributed by atoms with E-state index in [0.717, 1.165) is 19.3 Å². The van der Waals surface area contributed by atoms with Gasteiger partial charge >= 0.3 is 16.3 Å². The number of ether oxygens (including phenoxy) is 1. The predicted molar refractivity (Wildman–Crippen MR) is 144 cm³/mol. The molecular weight excluding hydrogens is 526 g/mol. The lowest BCUT2D eigenvalue weighted by atomic mass is 10.0. The van der Waals surface area contributed by atoms with E-state index in [0.29, 0.717) is 38.6 Å². The molecule has 0 bridgehead atoms. The van der Waals surface area contributed by atoms with Crippen LogP contribution in [0.1, 0.15) is 85.5 Å². The third-order valence-corrected chi connectivity index (χ3v) is 8.13. The Balaban J connectivity index is 1.82. The summed E-state index contributed by atoms with van der Waals surface area (Å²) in [4.78, 5) is 54.3. The Labute approximate surface area is 231 Å². The third-order valence-electron chi connectivity index (χ3n) is 7.09. The van der Waals surface area contributed by atoms with Crippen LogP contribution < -0.4 is 20.1 Å². The van der Waals surface area contributed by atoms with Crippen molar-refractivity contribution >= 4 is 34.0 Å². The van der Waals surface area contributed by atoms with Crippen molar-refractivity contribution in [1.29, 1.82) is 0 Å². The summed E-state index contributed by atoms with van der Waals surface area (Å²) < 4.78 is 34.4. The van der Waals surface area contributed by atoms with Crippen molar-refractivity contribution in [2.45, 2.75) is 109 Å². The van der Waals surface area contributed by atoms with Crippen LogP contribution in [-0.2, 0) is 29.3 Å². The van der Waals surface area contributed by atoms with Gasteiger partial charge in [0.1, 0.15) is 23.2 Å². The van der Waals surface area contributed by atoms with Crippen LogP contribution in [0.4, 0.5) is 4.79 Å². The molecule has 220 valence electrons. The maximum atomic E-state index is 13.6. The highest BCUT2D eigenvalue weighted by Crippen LogP contribution is 2.45. The van der Waals surface area contributed by atoms with Crippen molar-refractivity contribution in [3.8, 4) is 0 Å². The molecule has 3 rings (SSSR count). The molecule has 1 aliphatic carbocycles. The van der Waals surface area contributed by atoms with E-state index >= 15 is 0 Å². The topological polar surface area (TPSA) is 163 Å². The Morgan fingerprint density at radius 3 is 2.59 bits per heavy atom. The number of nitrogens with zero attached hydrogens (tertiary/aromatic N) is 1. The molecule has 0 aromatic rings. The van der Waals surface area contributed by atoms with Gasteiger partial charge in [0.05, 0.1) is 0 Å². The molecule has 3 aliphatic rings. The number of alkyl carbamates (subject to hydrolysis) is 1. The van der Waals surface area contributed by atoms with Gasteiger partial charge in [0, 0.05) is 19.0 Å². The molecule has 4 amide bonds. The van der Waals surface area contributed by atoms with Gasteiger partial charge in [-0.05, 0) is 65.7 Å². The molecule has 2 aliphatic heterocycles. The van der Waals surface area contributed by atoms with Crippen LogP contribution >= 0.6 is 0 Å². The van der Waals surface area contributed by atoms with Crippen molar-refractivity contribution in [2.24, 2.45) is 5.92 Å². The number of hydrogen-bond donors (Lipinski definition) is 4. The Kier molecular flexibility index (Phi) is 10.0. The van der Waals surface area contributed by atoms with E-state index in [4.69, 9.17) is 4.74 Å². The Morgan fingerprint density at radius 2 is 1.90 bits per heavy atom. The van der Waals surface area contributed by atoms with Crippen LogP contribution in [0.25, 0.3) is 0 Å². The lowest BCUT2D eigenvalue weighted by Gasteiger charge is -2.30. The third kappa shape index (κ3) is 8.41. The van der Waals surface area contributed by atoms with E-state index in [2.05, 4.69) is 20.1 Å². The van der Waals surface area contributed by atoms with Crippen LogP contribution in [0.2, 0.25) is 0 Å². The van der Waals surface area contributed by atoms with Crippen LogP contribution in [0.3, 0.4) is 0 Å². The molecule has 0 aromatic carbocycles. The second-order valence-electron chi connectivity index (χ2n) is 11.6. The van der Waals surface area contributed by atoms with Crippen molar-refractivity contribution < 1.29 is 32.3 Å². The molecule has 13 heteroatoms. The largest absolute Gasteiger partial charge is 0.444 e. The summed E-state index contributed by atoms with van der Waals surface area (Å²) >= 11 is 0. The Bertz CT molecular complexity index is 1070. The van der Waals surface area contributed by atoms with Gasteiger partial charge < -0.3 is 20.3 Å². The number of allylic oxidation sites excluding steroid dienone is 1. The van der Waals surface area contributed by atoms with Crippen molar-refractivity contribution in [1.82, 2.24) is 25.0 Å². The van der Waals surface area contributed by atoms with E-state index in [9.17, 15) is 27.6 Å². The van der Waals surface area contributed by atoms with Gasteiger partial charge in [0.15, 0.2) is 0 Å². The fourth-order valence-electron chi connectivity index (χ4n) is 5.03. The van der Waals surface area contributed by atoms with Crippen molar-refractivity contribution in [2.75, 3.05) is 13.1 Å². The summed E-state index contributed by atoms with van der Waals surface area (Å²) in [5, 5.41) is 5.49. The standard InChI is InChI=1S/C26H43N5O7S/c1-5-15-27-39(36,37)30-23(34)26-17-18(26)12-9-7-6-8-10-13-19(28-24(35)38-25(2,3)4)22(33)31-16-11-14-20(31)21(32)29-26/h9,12,18-20,27H,5-8,10-11,13-17H2,1-4H3,(H,28,35)(H,29,32)(H,30,34)/b12-9-. The first kappa shape index (κ1) is 30.9. The van der Waals surface area contributed by atoms with Gasteiger partial charge in [-0.25, -0.2) is 9.52 Å².